The first-order chi connectivity index (χ1) is 12.8. The van der Waals surface area contributed by atoms with Gasteiger partial charge in [0.1, 0.15) is 0 Å². The van der Waals surface area contributed by atoms with Crippen molar-refractivity contribution in [2.45, 2.75) is 24.7 Å². The lowest BCUT2D eigenvalue weighted by molar-refractivity contribution is 0.0903. The summed E-state index contributed by atoms with van der Waals surface area (Å²) in [6, 6.07) is 30.0. The van der Waals surface area contributed by atoms with Gasteiger partial charge in [0.15, 0.2) is 5.78 Å². The number of thiol groups is 1. The van der Waals surface area contributed by atoms with Crippen molar-refractivity contribution in [2.75, 3.05) is 5.75 Å². The van der Waals surface area contributed by atoms with Crippen LogP contribution in [0.4, 0.5) is 0 Å². The zero-order chi connectivity index (χ0) is 18.2. The Hall–Kier alpha value is -2.32. The van der Waals surface area contributed by atoms with Gasteiger partial charge in [0.2, 0.25) is 0 Å². The summed E-state index contributed by atoms with van der Waals surface area (Å²) in [5, 5.41) is 0. The maximum Gasteiger partial charge on any atom is 0.177 e. The van der Waals surface area contributed by atoms with Crippen molar-refractivity contribution in [3.05, 3.63) is 108 Å². The molecule has 3 rings (SSSR count). The maximum atomic E-state index is 13.8. The van der Waals surface area contributed by atoms with Crippen LogP contribution in [0.3, 0.4) is 0 Å². The van der Waals surface area contributed by atoms with Crippen LogP contribution in [-0.4, -0.2) is 11.5 Å². The van der Waals surface area contributed by atoms with Gasteiger partial charge in [-0.2, -0.15) is 12.6 Å². The van der Waals surface area contributed by atoms with E-state index in [-0.39, 0.29) is 5.78 Å². The standard InChI is InChI=1S/C24H24OS/c25-23(20-12-4-1-5-13-20)24(18-10-11-19-26,21-14-6-2-7-15-21)22-16-8-3-9-17-22/h1-9,12-17,26H,10-11,18-19H2. The van der Waals surface area contributed by atoms with Gasteiger partial charge in [-0.1, -0.05) is 97.4 Å². The minimum atomic E-state index is -0.674. The summed E-state index contributed by atoms with van der Waals surface area (Å²) in [5.74, 6) is 0.994. The lowest BCUT2D eigenvalue weighted by Crippen LogP contribution is -2.37. The molecule has 0 heterocycles. The molecule has 2 heteroatoms. The van der Waals surface area contributed by atoms with Crippen LogP contribution in [-0.2, 0) is 5.41 Å². The van der Waals surface area contributed by atoms with E-state index in [9.17, 15) is 4.79 Å². The topological polar surface area (TPSA) is 17.1 Å². The van der Waals surface area contributed by atoms with Crippen molar-refractivity contribution in [3.8, 4) is 0 Å². The minimum Gasteiger partial charge on any atom is -0.293 e. The van der Waals surface area contributed by atoms with E-state index in [1.165, 1.54) is 0 Å². The molecular formula is C24H24OS. The number of Topliss-reactive ketones (excluding diaryl/α,β-unsaturated/α-hetero) is 1. The Kier molecular flexibility index (Phi) is 6.30. The van der Waals surface area contributed by atoms with E-state index in [0.717, 1.165) is 41.7 Å². The van der Waals surface area contributed by atoms with Crippen molar-refractivity contribution in [2.24, 2.45) is 0 Å². The molecule has 0 saturated carbocycles. The van der Waals surface area contributed by atoms with Crippen LogP contribution in [0.15, 0.2) is 91.0 Å². The molecule has 132 valence electrons. The Morgan fingerprint density at radius 1 is 0.692 bits per heavy atom. The van der Waals surface area contributed by atoms with Gasteiger partial charge in [0, 0.05) is 5.56 Å². The predicted octanol–water partition coefficient (Wildman–Crippen LogP) is 5.96. The smallest absolute Gasteiger partial charge is 0.177 e. The summed E-state index contributed by atoms with van der Waals surface area (Å²) >= 11 is 4.36. The van der Waals surface area contributed by atoms with Gasteiger partial charge < -0.3 is 0 Å². The molecule has 3 aromatic carbocycles. The fourth-order valence-corrected chi connectivity index (χ4v) is 3.84. The van der Waals surface area contributed by atoms with Crippen LogP contribution >= 0.6 is 12.6 Å². The molecule has 0 bridgehead atoms. The van der Waals surface area contributed by atoms with Crippen LogP contribution < -0.4 is 0 Å². The Morgan fingerprint density at radius 2 is 1.15 bits per heavy atom. The zero-order valence-electron chi connectivity index (χ0n) is 14.8. The third-order valence-corrected chi connectivity index (χ3v) is 5.23. The number of carbonyl (C=O) groups is 1. The normalized spacial score (nSPS) is 11.3. The highest BCUT2D eigenvalue weighted by atomic mass is 32.1. The lowest BCUT2D eigenvalue weighted by Gasteiger charge is -2.34. The van der Waals surface area contributed by atoms with Crippen molar-refractivity contribution < 1.29 is 4.79 Å². The molecule has 1 nitrogen and oxygen atoms in total. The van der Waals surface area contributed by atoms with Crippen molar-refractivity contribution in [1.29, 1.82) is 0 Å². The van der Waals surface area contributed by atoms with Crippen LogP contribution in [0.1, 0.15) is 40.7 Å². The molecule has 0 radical (unpaired) electrons. The van der Waals surface area contributed by atoms with Crippen molar-refractivity contribution in [3.63, 3.8) is 0 Å². The molecule has 0 unspecified atom stereocenters. The maximum absolute atomic E-state index is 13.8. The van der Waals surface area contributed by atoms with Crippen molar-refractivity contribution >= 4 is 18.4 Å². The fourth-order valence-electron chi connectivity index (χ4n) is 3.61. The number of carbonyl (C=O) groups excluding carboxylic acids is 1. The molecule has 0 saturated heterocycles. The largest absolute Gasteiger partial charge is 0.293 e. The number of benzene rings is 3. The number of unbranched alkanes of at least 4 members (excludes halogenated alkanes) is 1. The van der Waals surface area contributed by atoms with Crippen LogP contribution in [0, 0.1) is 0 Å². The second-order valence-corrected chi connectivity index (χ2v) is 6.96. The van der Waals surface area contributed by atoms with Gasteiger partial charge in [-0.05, 0) is 29.7 Å². The summed E-state index contributed by atoms with van der Waals surface area (Å²) in [6.07, 6.45) is 2.72. The average molecular weight is 361 g/mol. The Morgan fingerprint density at radius 3 is 1.62 bits per heavy atom. The third-order valence-electron chi connectivity index (χ3n) is 4.92. The predicted molar refractivity (Wildman–Crippen MR) is 112 cm³/mol. The zero-order valence-corrected chi connectivity index (χ0v) is 15.7. The second-order valence-electron chi connectivity index (χ2n) is 6.51. The Bertz CT molecular complexity index is 773. The molecular weight excluding hydrogens is 336 g/mol. The van der Waals surface area contributed by atoms with E-state index in [1.54, 1.807) is 0 Å². The van der Waals surface area contributed by atoms with Gasteiger partial charge in [0.05, 0.1) is 5.41 Å². The van der Waals surface area contributed by atoms with E-state index >= 15 is 0 Å². The van der Waals surface area contributed by atoms with Gasteiger partial charge in [0.25, 0.3) is 0 Å². The van der Waals surface area contributed by atoms with Crippen LogP contribution in [0.2, 0.25) is 0 Å². The van der Waals surface area contributed by atoms with Crippen LogP contribution in [0.5, 0.6) is 0 Å². The number of ketones is 1. The highest BCUT2D eigenvalue weighted by Crippen LogP contribution is 2.40. The average Bonchev–Trinajstić information content (AvgIpc) is 2.73. The van der Waals surface area contributed by atoms with Crippen molar-refractivity contribution in [1.82, 2.24) is 0 Å². The van der Waals surface area contributed by atoms with E-state index in [4.69, 9.17) is 0 Å². The lowest BCUT2D eigenvalue weighted by atomic mass is 9.66. The molecule has 0 spiro atoms. The number of hydrogen-bond acceptors (Lipinski definition) is 2. The van der Waals surface area contributed by atoms with Gasteiger partial charge in [-0.3, -0.25) is 4.79 Å². The molecule has 26 heavy (non-hydrogen) atoms. The van der Waals surface area contributed by atoms with Gasteiger partial charge in [-0.25, -0.2) is 0 Å². The van der Waals surface area contributed by atoms with E-state index in [0.29, 0.717) is 0 Å². The highest BCUT2D eigenvalue weighted by molar-refractivity contribution is 7.80. The van der Waals surface area contributed by atoms with Gasteiger partial charge >= 0.3 is 0 Å². The molecule has 0 amide bonds. The number of hydrogen-bond donors (Lipinski definition) is 1. The summed E-state index contributed by atoms with van der Waals surface area (Å²) in [7, 11) is 0. The molecule has 0 aliphatic carbocycles. The summed E-state index contributed by atoms with van der Waals surface area (Å²) in [6.45, 7) is 0. The van der Waals surface area contributed by atoms with E-state index in [2.05, 4.69) is 36.9 Å². The first-order valence-electron chi connectivity index (χ1n) is 9.11. The monoisotopic (exact) mass is 360 g/mol. The SMILES string of the molecule is O=C(c1ccccc1)C(CCCCS)(c1ccccc1)c1ccccc1. The fraction of sp³-hybridized carbons (Fsp3) is 0.208. The Balaban J connectivity index is 2.19. The molecule has 0 aromatic heterocycles. The first-order valence-corrected chi connectivity index (χ1v) is 9.74. The summed E-state index contributed by atoms with van der Waals surface area (Å²) < 4.78 is 0. The second kappa shape index (κ2) is 8.86. The highest BCUT2D eigenvalue weighted by Gasteiger charge is 2.41. The first kappa shape index (κ1) is 18.5. The molecule has 0 N–H and O–H groups in total. The number of rotatable bonds is 8. The summed E-state index contributed by atoms with van der Waals surface area (Å²) in [4.78, 5) is 13.8. The van der Waals surface area contributed by atoms with E-state index < -0.39 is 5.41 Å². The quantitative estimate of drug-likeness (QED) is 0.298. The Labute approximate surface area is 161 Å². The summed E-state index contributed by atoms with van der Waals surface area (Å²) in [5.41, 5.74) is 2.19. The minimum absolute atomic E-state index is 0.162. The van der Waals surface area contributed by atoms with Crippen LogP contribution in [0.25, 0.3) is 0 Å². The third kappa shape index (κ3) is 3.76. The van der Waals surface area contributed by atoms with E-state index in [1.807, 2.05) is 66.7 Å². The molecule has 0 aliphatic rings. The molecule has 3 aromatic rings. The molecule has 0 atom stereocenters. The van der Waals surface area contributed by atoms with Gasteiger partial charge in [-0.15, -0.1) is 0 Å². The molecule has 0 aliphatic heterocycles. The molecule has 0 fully saturated rings.